The van der Waals surface area contributed by atoms with Gasteiger partial charge in [0.1, 0.15) is 6.04 Å². The fourth-order valence-corrected chi connectivity index (χ4v) is 2.50. The Hall–Kier alpha value is -2.88. The number of amides is 1. The van der Waals surface area contributed by atoms with Crippen molar-refractivity contribution in [2.75, 3.05) is 10.6 Å². The van der Waals surface area contributed by atoms with Gasteiger partial charge in [-0.3, -0.25) is 9.78 Å². The summed E-state index contributed by atoms with van der Waals surface area (Å²) >= 11 is 0. The Labute approximate surface area is 135 Å². The fourth-order valence-electron chi connectivity index (χ4n) is 2.50. The van der Waals surface area contributed by atoms with Gasteiger partial charge in [0, 0.05) is 17.3 Å². The highest BCUT2D eigenvalue weighted by atomic mass is 16.2. The summed E-state index contributed by atoms with van der Waals surface area (Å²) < 4.78 is 0. The zero-order valence-electron chi connectivity index (χ0n) is 13.2. The van der Waals surface area contributed by atoms with Crippen molar-refractivity contribution in [3.8, 4) is 0 Å². The molecule has 2 aromatic carbocycles. The molecule has 2 N–H and O–H groups in total. The molecule has 1 heterocycles. The quantitative estimate of drug-likeness (QED) is 0.766. The van der Waals surface area contributed by atoms with E-state index in [1.54, 1.807) is 6.20 Å². The second kappa shape index (κ2) is 6.48. The van der Waals surface area contributed by atoms with Gasteiger partial charge in [-0.15, -0.1) is 0 Å². The van der Waals surface area contributed by atoms with Crippen LogP contribution in [-0.4, -0.2) is 16.9 Å². The first-order valence-corrected chi connectivity index (χ1v) is 7.61. The van der Waals surface area contributed by atoms with Crippen LogP contribution < -0.4 is 10.6 Å². The molecule has 0 saturated carbocycles. The lowest BCUT2D eigenvalue weighted by molar-refractivity contribution is -0.116. The van der Waals surface area contributed by atoms with Crippen LogP contribution in [0.15, 0.2) is 60.8 Å². The highest BCUT2D eigenvalue weighted by Crippen LogP contribution is 2.21. The number of fused-ring (bicyclic) bond motifs is 1. The molecule has 1 unspecified atom stereocenters. The Balaban J connectivity index is 1.75. The summed E-state index contributed by atoms with van der Waals surface area (Å²) in [4.78, 5) is 16.8. The molecule has 0 aliphatic heterocycles. The van der Waals surface area contributed by atoms with Gasteiger partial charge in [-0.1, -0.05) is 18.2 Å². The molecule has 1 aromatic heterocycles. The predicted octanol–water partition coefficient (Wildman–Crippen LogP) is 3.98. The Bertz CT molecular complexity index is 839. The van der Waals surface area contributed by atoms with Crippen molar-refractivity contribution in [3.63, 3.8) is 0 Å². The van der Waals surface area contributed by atoms with Crippen molar-refractivity contribution in [1.82, 2.24) is 4.98 Å². The van der Waals surface area contributed by atoms with Crippen LogP contribution in [0.1, 0.15) is 12.5 Å². The third-order valence-corrected chi connectivity index (χ3v) is 3.70. The van der Waals surface area contributed by atoms with Gasteiger partial charge in [0.2, 0.25) is 5.91 Å². The number of carbonyl (C=O) groups is 1. The van der Waals surface area contributed by atoms with Crippen LogP contribution in [0.5, 0.6) is 0 Å². The molecule has 1 amide bonds. The maximum absolute atomic E-state index is 12.5. The zero-order chi connectivity index (χ0) is 16.2. The van der Waals surface area contributed by atoms with E-state index in [-0.39, 0.29) is 11.9 Å². The number of rotatable bonds is 4. The minimum absolute atomic E-state index is 0.0807. The van der Waals surface area contributed by atoms with Gasteiger partial charge < -0.3 is 10.6 Å². The molecule has 0 saturated heterocycles. The second-order valence-corrected chi connectivity index (χ2v) is 5.60. The van der Waals surface area contributed by atoms with Crippen molar-refractivity contribution in [2.45, 2.75) is 19.9 Å². The fraction of sp³-hybridized carbons (Fsp3) is 0.158. The predicted molar refractivity (Wildman–Crippen MR) is 94.6 cm³/mol. The molecule has 0 aliphatic rings. The third-order valence-electron chi connectivity index (χ3n) is 3.70. The number of anilines is 2. The summed E-state index contributed by atoms with van der Waals surface area (Å²) in [5.74, 6) is -0.0807. The number of nitrogens with zero attached hydrogens (tertiary/aromatic N) is 1. The van der Waals surface area contributed by atoms with Gasteiger partial charge in [-0.05, 0) is 55.8 Å². The van der Waals surface area contributed by atoms with E-state index in [2.05, 4.69) is 15.6 Å². The van der Waals surface area contributed by atoms with Gasteiger partial charge in [0.25, 0.3) is 0 Å². The smallest absolute Gasteiger partial charge is 0.246 e. The van der Waals surface area contributed by atoms with E-state index in [1.807, 2.05) is 68.4 Å². The Morgan fingerprint density at radius 2 is 1.91 bits per heavy atom. The first-order valence-electron chi connectivity index (χ1n) is 7.61. The monoisotopic (exact) mass is 305 g/mol. The molecule has 1 atom stereocenters. The maximum atomic E-state index is 12.5. The summed E-state index contributed by atoms with van der Waals surface area (Å²) in [6.45, 7) is 3.88. The molecule has 0 fully saturated rings. The normalized spacial score (nSPS) is 11.9. The first-order chi connectivity index (χ1) is 11.1. The highest BCUT2D eigenvalue weighted by molar-refractivity contribution is 6.03. The SMILES string of the molecule is Cc1cccc(NC(C)C(=O)Nc2cccc3ncccc23)c1. The molecule has 0 radical (unpaired) electrons. The Morgan fingerprint density at radius 1 is 1.09 bits per heavy atom. The van der Waals surface area contributed by atoms with Crippen molar-refractivity contribution < 1.29 is 4.79 Å². The van der Waals surface area contributed by atoms with E-state index in [1.165, 1.54) is 0 Å². The molecule has 0 bridgehead atoms. The molecule has 3 rings (SSSR count). The molecular formula is C19H19N3O. The van der Waals surface area contributed by atoms with Crippen LogP contribution in [-0.2, 0) is 4.79 Å². The summed E-state index contributed by atoms with van der Waals surface area (Å²) in [5.41, 5.74) is 3.73. The van der Waals surface area contributed by atoms with Crippen LogP contribution in [0.4, 0.5) is 11.4 Å². The van der Waals surface area contributed by atoms with Crippen LogP contribution in [0.25, 0.3) is 10.9 Å². The average molecular weight is 305 g/mol. The van der Waals surface area contributed by atoms with Gasteiger partial charge in [-0.2, -0.15) is 0 Å². The highest BCUT2D eigenvalue weighted by Gasteiger charge is 2.14. The molecule has 3 aromatic rings. The number of benzene rings is 2. The van der Waals surface area contributed by atoms with Crippen LogP contribution in [0.3, 0.4) is 0 Å². The number of pyridine rings is 1. The summed E-state index contributed by atoms with van der Waals surface area (Å²) in [6.07, 6.45) is 1.75. The van der Waals surface area contributed by atoms with Crippen LogP contribution in [0, 0.1) is 6.92 Å². The van der Waals surface area contributed by atoms with Crippen molar-refractivity contribution >= 4 is 28.2 Å². The number of hydrogen-bond donors (Lipinski definition) is 2. The maximum Gasteiger partial charge on any atom is 0.246 e. The number of hydrogen-bond acceptors (Lipinski definition) is 3. The van der Waals surface area contributed by atoms with Gasteiger partial charge >= 0.3 is 0 Å². The van der Waals surface area contributed by atoms with Crippen LogP contribution >= 0.6 is 0 Å². The Morgan fingerprint density at radius 3 is 2.74 bits per heavy atom. The van der Waals surface area contributed by atoms with Crippen LogP contribution in [0.2, 0.25) is 0 Å². The summed E-state index contributed by atoms with van der Waals surface area (Å²) in [6, 6.07) is 17.2. The summed E-state index contributed by atoms with van der Waals surface area (Å²) in [5, 5.41) is 7.14. The molecule has 0 spiro atoms. The lowest BCUT2D eigenvalue weighted by atomic mass is 10.1. The molecule has 4 nitrogen and oxygen atoms in total. The Kier molecular flexibility index (Phi) is 4.24. The lowest BCUT2D eigenvalue weighted by Crippen LogP contribution is -2.31. The number of aromatic nitrogens is 1. The average Bonchev–Trinajstić information content (AvgIpc) is 2.55. The summed E-state index contributed by atoms with van der Waals surface area (Å²) in [7, 11) is 0. The standard InChI is InChI=1S/C19H19N3O/c1-13-6-3-7-15(12-13)21-14(2)19(23)22-18-10-4-9-17-16(18)8-5-11-20-17/h3-12,14,21H,1-2H3,(H,22,23). The molecule has 4 heteroatoms. The lowest BCUT2D eigenvalue weighted by Gasteiger charge is -2.16. The van der Waals surface area contributed by atoms with E-state index in [4.69, 9.17) is 0 Å². The number of aryl methyl sites for hydroxylation is 1. The van der Waals surface area contributed by atoms with Gasteiger partial charge in [0.05, 0.1) is 11.2 Å². The van der Waals surface area contributed by atoms with Crippen molar-refractivity contribution in [1.29, 1.82) is 0 Å². The minimum Gasteiger partial charge on any atom is -0.374 e. The number of carbonyl (C=O) groups excluding carboxylic acids is 1. The molecule has 116 valence electrons. The van der Waals surface area contributed by atoms with E-state index < -0.39 is 0 Å². The topological polar surface area (TPSA) is 54.0 Å². The second-order valence-electron chi connectivity index (χ2n) is 5.60. The van der Waals surface area contributed by atoms with Gasteiger partial charge in [0.15, 0.2) is 0 Å². The van der Waals surface area contributed by atoms with E-state index in [0.29, 0.717) is 0 Å². The molecule has 23 heavy (non-hydrogen) atoms. The minimum atomic E-state index is -0.344. The molecule has 0 aliphatic carbocycles. The largest absolute Gasteiger partial charge is 0.374 e. The van der Waals surface area contributed by atoms with E-state index in [0.717, 1.165) is 27.8 Å². The first kappa shape index (κ1) is 15.0. The zero-order valence-corrected chi connectivity index (χ0v) is 13.2. The van der Waals surface area contributed by atoms with Crippen molar-refractivity contribution in [2.24, 2.45) is 0 Å². The number of nitrogens with one attached hydrogen (secondary N) is 2. The van der Waals surface area contributed by atoms with Gasteiger partial charge in [-0.25, -0.2) is 0 Å². The molecular weight excluding hydrogens is 286 g/mol. The van der Waals surface area contributed by atoms with E-state index in [9.17, 15) is 4.79 Å². The van der Waals surface area contributed by atoms with E-state index >= 15 is 0 Å². The third kappa shape index (κ3) is 3.48. The van der Waals surface area contributed by atoms with Crippen molar-refractivity contribution in [3.05, 3.63) is 66.4 Å².